The average molecular weight is 315 g/mol. The van der Waals surface area contributed by atoms with Crippen LogP contribution in [0.1, 0.15) is 25.0 Å². The van der Waals surface area contributed by atoms with E-state index in [-0.39, 0.29) is 16.0 Å². The van der Waals surface area contributed by atoms with Crippen LogP contribution in [-0.2, 0) is 5.41 Å². The van der Waals surface area contributed by atoms with Crippen LogP contribution in [0.3, 0.4) is 0 Å². The molecule has 118 valence electrons. The van der Waals surface area contributed by atoms with Gasteiger partial charge in [0, 0.05) is 11.5 Å². The number of hydrogen-bond donors (Lipinski definition) is 0. The molecule has 0 atom stereocenters. The number of para-hydroxylation sites is 1. The quantitative estimate of drug-likeness (QED) is 0.458. The molecule has 1 aliphatic carbocycles. The number of hydrogen-bond acceptors (Lipinski definition) is 2. The van der Waals surface area contributed by atoms with Crippen molar-refractivity contribution in [3.8, 4) is 22.3 Å². The van der Waals surface area contributed by atoms with Crippen molar-refractivity contribution in [2.75, 3.05) is 0 Å². The number of nitrogens with zero attached hydrogens (tertiary/aromatic N) is 1. The Labute approximate surface area is 140 Å². The highest BCUT2D eigenvalue weighted by molar-refractivity contribution is 5.90. The summed E-state index contributed by atoms with van der Waals surface area (Å²) >= 11 is 0. The molecule has 0 saturated carbocycles. The van der Waals surface area contributed by atoms with E-state index in [4.69, 9.17) is 0 Å². The molecule has 24 heavy (non-hydrogen) atoms. The van der Waals surface area contributed by atoms with Crippen LogP contribution in [0.4, 0.5) is 5.69 Å². The fraction of sp³-hybridized carbons (Fsp3) is 0.143. The molecule has 0 N–H and O–H groups in total. The Bertz CT molecular complexity index is 973. The zero-order chi connectivity index (χ0) is 16.9. The van der Waals surface area contributed by atoms with E-state index < -0.39 is 0 Å². The highest BCUT2D eigenvalue weighted by Gasteiger charge is 2.38. The number of rotatable bonds is 2. The van der Waals surface area contributed by atoms with Gasteiger partial charge in [0.25, 0.3) is 5.69 Å². The van der Waals surface area contributed by atoms with Crippen molar-refractivity contribution in [2.45, 2.75) is 19.3 Å². The summed E-state index contributed by atoms with van der Waals surface area (Å²) in [5.41, 5.74) is 6.42. The van der Waals surface area contributed by atoms with Gasteiger partial charge in [0.1, 0.15) is 0 Å². The summed E-state index contributed by atoms with van der Waals surface area (Å²) in [7, 11) is 0. The molecular weight excluding hydrogens is 298 g/mol. The first kappa shape index (κ1) is 14.6. The fourth-order valence-electron chi connectivity index (χ4n) is 3.93. The van der Waals surface area contributed by atoms with Crippen molar-refractivity contribution in [1.82, 2.24) is 0 Å². The van der Waals surface area contributed by atoms with Crippen LogP contribution >= 0.6 is 0 Å². The first-order valence-corrected chi connectivity index (χ1v) is 7.99. The molecule has 3 nitrogen and oxygen atoms in total. The second-order valence-corrected chi connectivity index (χ2v) is 6.67. The molecule has 0 amide bonds. The molecule has 0 spiro atoms. The van der Waals surface area contributed by atoms with Gasteiger partial charge in [-0.1, -0.05) is 68.4 Å². The fourth-order valence-corrected chi connectivity index (χ4v) is 3.93. The number of nitro groups is 1. The highest BCUT2D eigenvalue weighted by atomic mass is 16.6. The Hall–Kier alpha value is -2.94. The predicted octanol–water partition coefficient (Wildman–Crippen LogP) is 5.57. The van der Waals surface area contributed by atoms with Gasteiger partial charge in [0.2, 0.25) is 0 Å². The van der Waals surface area contributed by atoms with Crippen molar-refractivity contribution in [3.63, 3.8) is 0 Å². The first-order valence-electron chi connectivity index (χ1n) is 7.99. The molecule has 3 heteroatoms. The molecule has 3 aromatic rings. The minimum atomic E-state index is -0.302. The number of fused-ring (bicyclic) bond motifs is 3. The molecule has 4 rings (SSSR count). The van der Waals surface area contributed by atoms with Crippen LogP contribution in [0, 0.1) is 10.1 Å². The molecule has 0 radical (unpaired) electrons. The highest BCUT2D eigenvalue weighted by Crippen LogP contribution is 2.52. The molecule has 0 fully saturated rings. The standard InChI is InChI=1S/C21H17NO2/c1-21(2)18-12-5-3-8-14(18)16-10-7-11-17(20(16)21)15-9-4-6-13-19(15)22(23)24/h3-13H,1-2H3. The molecule has 0 aromatic heterocycles. The summed E-state index contributed by atoms with van der Waals surface area (Å²) in [5.74, 6) is 0. The summed E-state index contributed by atoms with van der Waals surface area (Å²) in [6.45, 7) is 4.38. The van der Waals surface area contributed by atoms with Crippen LogP contribution in [0.25, 0.3) is 22.3 Å². The lowest BCUT2D eigenvalue weighted by molar-refractivity contribution is -0.384. The van der Waals surface area contributed by atoms with Crippen LogP contribution < -0.4 is 0 Å². The van der Waals surface area contributed by atoms with Gasteiger partial charge in [0.05, 0.1) is 10.5 Å². The van der Waals surface area contributed by atoms with Gasteiger partial charge in [-0.25, -0.2) is 0 Å². The van der Waals surface area contributed by atoms with E-state index in [0.29, 0.717) is 5.56 Å². The van der Waals surface area contributed by atoms with E-state index >= 15 is 0 Å². The zero-order valence-corrected chi connectivity index (χ0v) is 13.6. The van der Waals surface area contributed by atoms with Gasteiger partial charge in [-0.2, -0.15) is 0 Å². The smallest absolute Gasteiger partial charge is 0.258 e. The van der Waals surface area contributed by atoms with E-state index in [1.54, 1.807) is 12.1 Å². The summed E-state index contributed by atoms with van der Waals surface area (Å²) in [5, 5.41) is 11.5. The minimum absolute atomic E-state index is 0.151. The van der Waals surface area contributed by atoms with Crippen molar-refractivity contribution < 1.29 is 4.92 Å². The largest absolute Gasteiger partial charge is 0.277 e. The molecule has 0 aliphatic heterocycles. The van der Waals surface area contributed by atoms with Gasteiger partial charge in [-0.05, 0) is 33.9 Å². The van der Waals surface area contributed by atoms with Crippen molar-refractivity contribution in [2.24, 2.45) is 0 Å². The number of nitro benzene ring substituents is 1. The lowest BCUT2D eigenvalue weighted by Crippen LogP contribution is -2.16. The van der Waals surface area contributed by atoms with Crippen molar-refractivity contribution in [1.29, 1.82) is 0 Å². The lowest BCUT2D eigenvalue weighted by Gasteiger charge is -2.24. The Morgan fingerprint density at radius 3 is 2.00 bits per heavy atom. The summed E-state index contributed by atoms with van der Waals surface area (Å²) in [6, 6.07) is 21.5. The third-order valence-corrected chi connectivity index (χ3v) is 4.97. The summed E-state index contributed by atoms with van der Waals surface area (Å²) in [6.07, 6.45) is 0. The third-order valence-electron chi connectivity index (χ3n) is 4.97. The van der Waals surface area contributed by atoms with Crippen LogP contribution in [0.5, 0.6) is 0 Å². The van der Waals surface area contributed by atoms with Crippen LogP contribution in [0.15, 0.2) is 66.7 Å². The van der Waals surface area contributed by atoms with Crippen LogP contribution in [0.2, 0.25) is 0 Å². The number of benzene rings is 3. The van der Waals surface area contributed by atoms with Gasteiger partial charge in [-0.3, -0.25) is 10.1 Å². The normalized spacial score (nSPS) is 14.1. The molecule has 0 unspecified atom stereocenters. The average Bonchev–Trinajstić information content (AvgIpc) is 2.83. The Morgan fingerprint density at radius 2 is 1.29 bits per heavy atom. The lowest BCUT2D eigenvalue weighted by atomic mass is 9.78. The Balaban J connectivity index is 2.06. The van der Waals surface area contributed by atoms with E-state index in [1.165, 1.54) is 22.3 Å². The van der Waals surface area contributed by atoms with E-state index in [0.717, 1.165) is 5.56 Å². The maximum atomic E-state index is 11.5. The maximum Gasteiger partial charge on any atom is 0.277 e. The molecule has 1 aliphatic rings. The van der Waals surface area contributed by atoms with Crippen molar-refractivity contribution >= 4 is 5.69 Å². The van der Waals surface area contributed by atoms with Gasteiger partial charge < -0.3 is 0 Å². The SMILES string of the molecule is CC1(C)c2ccccc2-c2cccc(-c3ccccc3[N+](=O)[O-])c21. The van der Waals surface area contributed by atoms with Crippen molar-refractivity contribution in [3.05, 3.63) is 88.0 Å². The van der Waals surface area contributed by atoms with Gasteiger partial charge in [0.15, 0.2) is 0 Å². The summed E-state index contributed by atoms with van der Waals surface area (Å²) in [4.78, 5) is 11.2. The molecule has 0 heterocycles. The third kappa shape index (κ3) is 1.91. The van der Waals surface area contributed by atoms with Gasteiger partial charge in [-0.15, -0.1) is 0 Å². The van der Waals surface area contributed by atoms with E-state index in [2.05, 4.69) is 38.1 Å². The predicted molar refractivity (Wildman–Crippen MR) is 96.1 cm³/mol. The second-order valence-electron chi connectivity index (χ2n) is 6.67. The molecular formula is C21H17NO2. The maximum absolute atomic E-state index is 11.5. The first-order chi connectivity index (χ1) is 11.5. The monoisotopic (exact) mass is 315 g/mol. The van der Waals surface area contributed by atoms with Crippen LogP contribution in [-0.4, -0.2) is 4.92 Å². The summed E-state index contributed by atoms with van der Waals surface area (Å²) < 4.78 is 0. The van der Waals surface area contributed by atoms with Gasteiger partial charge >= 0.3 is 0 Å². The Morgan fingerprint density at radius 1 is 0.750 bits per heavy atom. The topological polar surface area (TPSA) is 43.1 Å². The second kappa shape index (κ2) is 5.03. The Kier molecular flexibility index (Phi) is 3.07. The van der Waals surface area contributed by atoms with E-state index in [9.17, 15) is 10.1 Å². The molecule has 3 aromatic carbocycles. The minimum Gasteiger partial charge on any atom is -0.258 e. The molecule has 0 bridgehead atoms. The zero-order valence-electron chi connectivity index (χ0n) is 13.6. The van der Waals surface area contributed by atoms with E-state index in [1.807, 2.05) is 30.3 Å². The molecule has 0 saturated heterocycles.